The van der Waals surface area contributed by atoms with Gasteiger partial charge in [-0.3, -0.25) is 0 Å². The van der Waals surface area contributed by atoms with Crippen LogP contribution < -0.4 is 0 Å². The molecule has 3 atom stereocenters. The molecule has 0 saturated heterocycles. The van der Waals surface area contributed by atoms with E-state index in [1.165, 1.54) is 16.7 Å². The van der Waals surface area contributed by atoms with Crippen molar-refractivity contribution in [3.8, 4) is 12.3 Å². The Bertz CT molecular complexity index is 695. The fraction of sp³-hybridized carbons (Fsp3) is 0.778. The summed E-state index contributed by atoms with van der Waals surface area (Å²) in [5, 5.41) is 0.178. The number of hydrogen-bond donors (Lipinski definition) is 0. The van der Waals surface area contributed by atoms with Crippen LogP contribution in [-0.4, -0.2) is 28.3 Å². The average Bonchev–Trinajstić information content (AvgIpc) is 2.66. The van der Waals surface area contributed by atoms with Crippen LogP contribution in [0.15, 0.2) is 23.3 Å². The number of allylic oxidation sites excluding steroid dienone is 1. The maximum Gasteiger partial charge on any atom is 0.193 e. The highest BCUT2D eigenvalue weighted by atomic mass is 28.4. The fourth-order valence-electron chi connectivity index (χ4n) is 4.64. The quantitative estimate of drug-likeness (QED) is 0.184. The molecular weight excluding hydrogens is 412 g/mol. The summed E-state index contributed by atoms with van der Waals surface area (Å²) in [5.74, 6) is 3.37. The lowest BCUT2D eigenvalue weighted by atomic mass is 9.73. The molecule has 0 amide bonds. The largest absolute Gasteiger partial charge is 0.410 e. The maximum atomic E-state index is 7.16. The van der Waals surface area contributed by atoms with E-state index in [1.807, 2.05) is 0 Å². The van der Waals surface area contributed by atoms with Gasteiger partial charge in [0.2, 0.25) is 0 Å². The Hall–Kier alpha value is -0.606. The van der Waals surface area contributed by atoms with Crippen LogP contribution in [0.5, 0.6) is 0 Å². The van der Waals surface area contributed by atoms with E-state index in [4.69, 9.17) is 15.3 Å². The Morgan fingerprint density at radius 3 is 2.03 bits per heavy atom. The van der Waals surface area contributed by atoms with Crippen molar-refractivity contribution in [2.75, 3.05) is 0 Å². The minimum atomic E-state index is -1.91. The molecule has 1 rings (SSSR count). The number of terminal acetylenes is 1. The van der Waals surface area contributed by atoms with Crippen LogP contribution in [-0.2, 0) is 8.85 Å². The first kappa shape index (κ1) is 28.4. The Labute approximate surface area is 196 Å². The molecule has 0 aromatic rings. The first-order valence-electron chi connectivity index (χ1n) is 12.3. The molecule has 0 aliphatic heterocycles. The molecule has 2 nitrogen and oxygen atoms in total. The molecule has 0 aromatic carbocycles. The summed E-state index contributed by atoms with van der Waals surface area (Å²) in [4.78, 5) is 0. The van der Waals surface area contributed by atoms with Gasteiger partial charge in [0.1, 0.15) is 0 Å². The first-order valence-corrected chi connectivity index (χ1v) is 17.7. The molecular formula is C27H50O2Si2. The van der Waals surface area contributed by atoms with Crippen LogP contribution in [0.25, 0.3) is 0 Å². The normalized spacial score (nSPS) is 22.8. The van der Waals surface area contributed by atoms with E-state index >= 15 is 0 Å². The summed E-state index contributed by atoms with van der Waals surface area (Å²) < 4.78 is 14.2. The Balaban J connectivity index is 3.55. The van der Waals surface area contributed by atoms with Crippen molar-refractivity contribution < 1.29 is 8.85 Å². The molecule has 0 aromatic heterocycles. The van der Waals surface area contributed by atoms with Crippen molar-refractivity contribution in [2.45, 2.75) is 130 Å². The van der Waals surface area contributed by atoms with E-state index in [-0.39, 0.29) is 11.1 Å². The van der Waals surface area contributed by atoms with Gasteiger partial charge in [0.25, 0.3) is 0 Å². The second-order valence-corrected chi connectivity index (χ2v) is 20.9. The van der Waals surface area contributed by atoms with E-state index in [1.54, 1.807) is 0 Å². The molecule has 31 heavy (non-hydrogen) atoms. The van der Waals surface area contributed by atoms with Crippen LogP contribution in [0.2, 0.25) is 36.3 Å². The van der Waals surface area contributed by atoms with Crippen molar-refractivity contribution in [1.29, 1.82) is 0 Å². The van der Waals surface area contributed by atoms with E-state index in [2.05, 4.69) is 87.9 Å². The third-order valence-corrected chi connectivity index (χ3v) is 17.5. The lowest BCUT2D eigenvalue weighted by Gasteiger charge is -2.47. The summed E-state index contributed by atoms with van der Waals surface area (Å²) in [7, 11) is -3.75. The van der Waals surface area contributed by atoms with Crippen molar-refractivity contribution in [3.63, 3.8) is 0 Å². The predicted molar refractivity (Wildman–Crippen MR) is 142 cm³/mol. The van der Waals surface area contributed by atoms with Gasteiger partial charge in [-0.05, 0) is 86.9 Å². The van der Waals surface area contributed by atoms with E-state index in [9.17, 15) is 0 Å². The molecule has 1 aliphatic carbocycles. The smallest absolute Gasteiger partial charge is 0.193 e. The van der Waals surface area contributed by atoms with Crippen molar-refractivity contribution in [3.05, 3.63) is 23.3 Å². The van der Waals surface area contributed by atoms with Gasteiger partial charge in [0.05, 0.1) is 11.7 Å². The van der Waals surface area contributed by atoms with E-state index in [0.717, 1.165) is 31.0 Å². The van der Waals surface area contributed by atoms with E-state index < -0.39 is 22.2 Å². The Morgan fingerprint density at radius 1 is 1.13 bits per heavy atom. The topological polar surface area (TPSA) is 18.5 Å². The molecule has 1 aliphatic rings. The second kappa shape index (κ2) is 10.6. The van der Waals surface area contributed by atoms with Gasteiger partial charge in [-0.2, -0.15) is 0 Å². The minimum Gasteiger partial charge on any atom is -0.410 e. The van der Waals surface area contributed by atoms with Crippen LogP contribution in [0.4, 0.5) is 0 Å². The average molecular weight is 463 g/mol. The van der Waals surface area contributed by atoms with Crippen molar-refractivity contribution in [1.82, 2.24) is 0 Å². The Morgan fingerprint density at radius 2 is 1.65 bits per heavy atom. The van der Waals surface area contributed by atoms with Gasteiger partial charge in [-0.1, -0.05) is 53.7 Å². The summed E-state index contributed by atoms with van der Waals surface area (Å²) in [6.07, 6.45) is 8.65. The van der Waals surface area contributed by atoms with Gasteiger partial charge >= 0.3 is 0 Å². The first-order chi connectivity index (χ1) is 14.1. The minimum absolute atomic E-state index is 0.119. The third-order valence-electron chi connectivity index (χ3n) is 8.30. The second-order valence-electron chi connectivity index (χ2n) is 11.5. The summed E-state index contributed by atoms with van der Waals surface area (Å²) >= 11 is 0. The van der Waals surface area contributed by atoms with Crippen LogP contribution >= 0.6 is 0 Å². The highest BCUT2D eigenvalue weighted by Gasteiger charge is 2.46. The molecule has 0 spiro atoms. The molecule has 0 radical (unpaired) electrons. The monoisotopic (exact) mass is 462 g/mol. The zero-order valence-corrected chi connectivity index (χ0v) is 24.5. The molecule has 1 unspecified atom stereocenters. The highest BCUT2D eigenvalue weighted by Crippen LogP contribution is 2.46. The number of hydrogen-bond acceptors (Lipinski definition) is 2. The lowest BCUT2D eigenvalue weighted by Crippen LogP contribution is -2.50. The Kier molecular flexibility index (Phi) is 9.67. The third kappa shape index (κ3) is 6.47. The van der Waals surface area contributed by atoms with Crippen LogP contribution in [0.1, 0.15) is 81.6 Å². The van der Waals surface area contributed by atoms with Gasteiger partial charge in [0.15, 0.2) is 16.6 Å². The SMILES string of the molecule is C#CCC(C)(O[Si](CC)(CC)CC)C1=C(C)[C@@H](O[Si](C)(C)C(C)(C)C)C[C@@H](C(=C)C)C1. The molecule has 0 N–H and O–H groups in total. The highest BCUT2D eigenvalue weighted by molar-refractivity contribution is 6.74. The summed E-state index contributed by atoms with van der Waals surface area (Å²) in [6.45, 7) is 29.5. The van der Waals surface area contributed by atoms with Gasteiger partial charge in [-0.15, -0.1) is 12.3 Å². The van der Waals surface area contributed by atoms with Crippen LogP contribution in [0, 0.1) is 18.3 Å². The zero-order chi connectivity index (χ0) is 24.3. The van der Waals surface area contributed by atoms with Crippen LogP contribution in [0.3, 0.4) is 0 Å². The fourth-order valence-corrected chi connectivity index (χ4v) is 9.06. The molecule has 0 heterocycles. The van der Waals surface area contributed by atoms with E-state index in [0.29, 0.717) is 12.3 Å². The van der Waals surface area contributed by atoms with Gasteiger partial charge < -0.3 is 8.85 Å². The predicted octanol–water partition coefficient (Wildman–Crippen LogP) is 8.48. The standard InChI is InChI=1S/C27H50O2Si2/c1-14-18-27(11,29-31(15-2,16-3)17-4)24-19-23(21(5)6)20-25(22(24)7)28-30(12,13)26(8,9)10/h1,23,25H,5,15-20H2,2-4,6-13H3/t23-,25-,27?/m0/s1. The molecule has 0 bridgehead atoms. The van der Waals surface area contributed by atoms with Crippen molar-refractivity contribution >= 4 is 16.6 Å². The molecule has 4 heteroatoms. The van der Waals surface area contributed by atoms with Gasteiger partial charge in [0, 0.05) is 6.42 Å². The summed E-state index contributed by atoms with van der Waals surface area (Å²) in [5.41, 5.74) is 3.55. The number of rotatable bonds is 10. The lowest BCUT2D eigenvalue weighted by molar-refractivity contribution is 0.0963. The zero-order valence-electron chi connectivity index (χ0n) is 22.5. The summed E-state index contributed by atoms with van der Waals surface area (Å²) in [6, 6.07) is 3.38. The van der Waals surface area contributed by atoms with Gasteiger partial charge in [-0.25, -0.2) is 0 Å². The molecule has 0 saturated carbocycles. The molecule has 178 valence electrons. The maximum absolute atomic E-state index is 7.16. The molecule has 0 fully saturated rings. The van der Waals surface area contributed by atoms with Crippen molar-refractivity contribution in [2.24, 2.45) is 5.92 Å².